The van der Waals surface area contributed by atoms with Crippen LogP contribution in [0.3, 0.4) is 0 Å². The highest BCUT2D eigenvalue weighted by Gasteiger charge is 2.18. The van der Waals surface area contributed by atoms with Gasteiger partial charge in [0.1, 0.15) is 5.82 Å². The van der Waals surface area contributed by atoms with Gasteiger partial charge in [-0.1, -0.05) is 6.07 Å². The van der Waals surface area contributed by atoms with Gasteiger partial charge in [-0.3, -0.25) is 4.79 Å². The van der Waals surface area contributed by atoms with E-state index < -0.39 is 0 Å². The molecule has 3 aromatic heterocycles. The van der Waals surface area contributed by atoms with Crippen LogP contribution in [0, 0.1) is 6.92 Å². The third-order valence-electron chi connectivity index (χ3n) is 5.23. The number of hydrogen-bond acceptors (Lipinski definition) is 8. The summed E-state index contributed by atoms with van der Waals surface area (Å²) in [4.78, 5) is 32.2. The predicted molar refractivity (Wildman–Crippen MR) is 129 cm³/mol. The van der Waals surface area contributed by atoms with E-state index in [4.69, 9.17) is 4.98 Å². The molecular weight excluding hydrogens is 446 g/mol. The molecule has 0 atom stereocenters. The predicted octanol–water partition coefficient (Wildman–Crippen LogP) is 3.67. The fourth-order valence-electron chi connectivity index (χ4n) is 3.56. The number of aromatic nitrogens is 4. The molecule has 1 fully saturated rings. The summed E-state index contributed by atoms with van der Waals surface area (Å²) in [6.45, 7) is 5.06. The maximum absolute atomic E-state index is 12.6. The van der Waals surface area contributed by atoms with Crippen molar-refractivity contribution in [1.82, 2.24) is 30.2 Å². The Morgan fingerprint density at radius 3 is 2.72 bits per heavy atom. The normalized spacial score (nSPS) is 13.6. The summed E-state index contributed by atoms with van der Waals surface area (Å²) in [6.07, 6.45) is 3.39. The topological polar surface area (TPSA) is 95.9 Å². The first-order chi connectivity index (χ1) is 15.2. The number of carbonyl (C=O) groups is 1. The van der Waals surface area contributed by atoms with E-state index in [2.05, 4.69) is 31.7 Å². The molecule has 0 aliphatic carbocycles. The number of halogens is 1. The highest BCUT2D eigenvalue weighted by atomic mass is 35.5. The third kappa shape index (κ3) is 4.55. The third-order valence-corrected chi connectivity index (χ3v) is 6.02. The van der Waals surface area contributed by atoms with E-state index >= 15 is 0 Å². The zero-order chi connectivity index (χ0) is 21.2. The van der Waals surface area contributed by atoms with Gasteiger partial charge in [-0.05, 0) is 36.8 Å². The van der Waals surface area contributed by atoms with Crippen molar-refractivity contribution >= 4 is 51.6 Å². The Morgan fingerprint density at radius 1 is 1.09 bits per heavy atom. The van der Waals surface area contributed by atoms with Crippen molar-refractivity contribution in [2.24, 2.45) is 0 Å². The number of thiazole rings is 1. The summed E-state index contributed by atoms with van der Waals surface area (Å²) < 4.78 is 1.12. The van der Waals surface area contributed by atoms with Crippen LogP contribution in [0.25, 0.3) is 21.5 Å². The number of benzene rings is 1. The molecule has 1 aliphatic heterocycles. The van der Waals surface area contributed by atoms with Crippen molar-refractivity contribution in [3.8, 4) is 11.3 Å². The van der Waals surface area contributed by atoms with Crippen LogP contribution >= 0.6 is 23.7 Å². The Balaban J connectivity index is 0.00000245. The second-order valence-electron chi connectivity index (χ2n) is 7.36. The number of aryl methyl sites for hydroxylation is 1. The molecule has 10 heteroatoms. The molecule has 5 rings (SSSR count). The summed E-state index contributed by atoms with van der Waals surface area (Å²) in [5.74, 6) is 1.05. The average Bonchev–Trinajstić information content (AvgIpc) is 3.29. The zero-order valence-electron chi connectivity index (χ0n) is 17.4. The maximum Gasteiger partial charge on any atom is 0.255 e. The Bertz CT molecular complexity index is 1240. The molecule has 32 heavy (non-hydrogen) atoms. The van der Waals surface area contributed by atoms with E-state index in [1.807, 2.05) is 29.5 Å². The number of amides is 1. The zero-order valence-corrected chi connectivity index (χ0v) is 19.0. The molecule has 1 amide bonds. The van der Waals surface area contributed by atoms with Crippen LogP contribution in [-0.2, 0) is 0 Å². The molecule has 0 saturated carbocycles. The van der Waals surface area contributed by atoms with E-state index in [0.29, 0.717) is 30.4 Å². The van der Waals surface area contributed by atoms with E-state index in [1.54, 1.807) is 35.9 Å². The fraction of sp³-hybridized carbons (Fsp3) is 0.227. The van der Waals surface area contributed by atoms with Gasteiger partial charge in [-0.2, -0.15) is 0 Å². The van der Waals surface area contributed by atoms with Crippen molar-refractivity contribution in [1.29, 1.82) is 0 Å². The molecule has 1 saturated heterocycles. The lowest BCUT2D eigenvalue weighted by Crippen LogP contribution is -2.46. The van der Waals surface area contributed by atoms with Gasteiger partial charge in [0.2, 0.25) is 5.95 Å². The number of piperazine rings is 1. The standard InChI is InChI=1S/C22H21N7OS.ClH/c1-14-11-25-22(28-20(14)15-2-4-17-18(10-15)31-13-26-17)27-19-5-3-16(12-24-19)21(30)29-8-6-23-7-9-29;/h2-5,10-13,23H,6-9H2,1H3,(H,24,25,27,28);1H. The second kappa shape index (κ2) is 9.56. The number of hydrogen-bond donors (Lipinski definition) is 2. The first-order valence-corrected chi connectivity index (χ1v) is 11.0. The molecule has 0 bridgehead atoms. The fourth-order valence-corrected chi connectivity index (χ4v) is 4.27. The molecule has 0 radical (unpaired) electrons. The molecule has 2 N–H and O–H groups in total. The number of fused-ring (bicyclic) bond motifs is 1. The van der Waals surface area contributed by atoms with Crippen molar-refractivity contribution in [3.05, 3.63) is 59.4 Å². The van der Waals surface area contributed by atoms with Gasteiger partial charge in [0.25, 0.3) is 5.91 Å². The number of nitrogens with zero attached hydrogens (tertiary/aromatic N) is 5. The number of nitrogens with one attached hydrogen (secondary N) is 2. The summed E-state index contributed by atoms with van der Waals surface area (Å²) in [6, 6.07) is 9.69. The van der Waals surface area contributed by atoms with E-state index in [0.717, 1.165) is 40.1 Å². The van der Waals surface area contributed by atoms with Crippen LogP contribution in [0.2, 0.25) is 0 Å². The van der Waals surface area contributed by atoms with Crippen LogP contribution in [0.1, 0.15) is 15.9 Å². The van der Waals surface area contributed by atoms with E-state index in [-0.39, 0.29) is 18.3 Å². The molecule has 0 spiro atoms. The SMILES string of the molecule is Cc1cnc(Nc2ccc(C(=O)N3CCNCC3)cn2)nc1-c1ccc2ncsc2c1.Cl. The minimum Gasteiger partial charge on any atom is -0.336 e. The number of carbonyl (C=O) groups excluding carboxylic acids is 1. The minimum absolute atomic E-state index is 0. The second-order valence-corrected chi connectivity index (χ2v) is 8.25. The highest BCUT2D eigenvalue weighted by Crippen LogP contribution is 2.28. The summed E-state index contributed by atoms with van der Waals surface area (Å²) in [5, 5.41) is 6.39. The van der Waals surface area contributed by atoms with Gasteiger partial charge in [-0.15, -0.1) is 23.7 Å². The number of anilines is 2. The Labute approximate surface area is 195 Å². The van der Waals surface area contributed by atoms with Crippen LogP contribution in [-0.4, -0.2) is 56.9 Å². The van der Waals surface area contributed by atoms with Crippen LogP contribution < -0.4 is 10.6 Å². The van der Waals surface area contributed by atoms with Crippen LogP contribution in [0.5, 0.6) is 0 Å². The number of pyridine rings is 1. The van der Waals surface area contributed by atoms with E-state index in [9.17, 15) is 4.79 Å². The van der Waals surface area contributed by atoms with Crippen LogP contribution in [0.4, 0.5) is 11.8 Å². The molecule has 1 aliphatic rings. The molecule has 164 valence electrons. The molecule has 1 aromatic carbocycles. The molecule has 0 unspecified atom stereocenters. The average molecular weight is 468 g/mol. The van der Waals surface area contributed by atoms with Gasteiger partial charge in [-0.25, -0.2) is 19.9 Å². The van der Waals surface area contributed by atoms with Gasteiger partial charge < -0.3 is 15.5 Å². The molecule has 4 aromatic rings. The van der Waals surface area contributed by atoms with Crippen molar-refractivity contribution in [2.45, 2.75) is 6.92 Å². The monoisotopic (exact) mass is 467 g/mol. The van der Waals surface area contributed by atoms with Crippen molar-refractivity contribution in [2.75, 3.05) is 31.5 Å². The van der Waals surface area contributed by atoms with Gasteiger partial charge >= 0.3 is 0 Å². The van der Waals surface area contributed by atoms with Gasteiger partial charge in [0.15, 0.2) is 0 Å². The van der Waals surface area contributed by atoms with Crippen LogP contribution in [0.15, 0.2) is 48.2 Å². The molecule has 4 heterocycles. The van der Waals surface area contributed by atoms with Crippen molar-refractivity contribution in [3.63, 3.8) is 0 Å². The Kier molecular flexibility index (Phi) is 6.59. The smallest absolute Gasteiger partial charge is 0.255 e. The summed E-state index contributed by atoms with van der Waals surface area (Å²) in [5.41, 5.74) is 6.27. The quantitative estimate of drug-likeness (QED) is 0.472. The largest absolute Gasteiger partial charge is 0.336 e. The van der Waals surface area contributed by atoms with E-state index in [1.165, 1.54) is 0 Å². The van der Waals surface area contributed by atoms with Gasteiger partial charge in [0.05, 0.1) is 27.0 Å². The molecular formula is C22H22ClN7OS. The van der Waals surface area contributed by atoms with Gasteiger partial charge in [0, 0.05) is 44.1 Å². The molecule has 8 nitrogen and oxygen atoms in total. The lowest BCUT2D eigenvalue weighted by Gasteiger charge is -2.27. The minimum atomic E-state index is 0. The Hall–Kier alpha value is -3.14. The number of rotatable bonds is 4. The summed E-state index contributed by atoms with van der Waals surface area (Å²) in [7, 11) is 0. The first kappa shape index (κ1) is 22.1. The van der Waals surface area contributed by atoms with Crippen molar-refractivity contribution < 1.29 is 4.79 Å². The lowest BCUT2D eigenvalue weighted by molar-refractivity contribution is 0.0735. The summed E-state index contributed by atoms with van der Waals surface area (Å²) >= 11 is 1.61. The maximum atomic E-state index is 12.6. The lowest BCUT2D eigenvalue weighted by atomic mass is 10.1. The highest BCUT2D eigenvalue weighted by molar-refractivity contribution is 7.16. The Morgan fingerprint density at radius 2 is 1.94 bits per heavy atom. The first-order valence-electron chi connectivity index (χ1n) is 10.1.